The molecule has 8 heteroatoms. The van der Waals surface area contributed by atoms with Gasteiger partial charge in [0, 0.05) is 11.1 Å². The second-order valence-electron chi connectivity index (χ2n) is 5.17. The Labute approximate surface area is 149 Å². The van der Waals surface area contributed by atoms with E-state index in [-0.39, 0.29) is 12.4 Å². The van der Waals surface area contributed by atoms with Crippen molar-refractivity contribution in [3.63, 3.8) is 0 Å². The third-order valence-corrected chi connectivity index (χ3v) is 3.32. The van der Waals surface area contributed by atoms with Crippen LogP contribution in [-0.4, -0.2) is 29.7 Å². The SMILES string of the molecule is CO/N=C(/C(C)=NOCc1ccccc1NC(=O)O)c1ccc(F)cc1. The Morgan fingerprint density at radius 3 is 2.50 bits per heavy atom. The second-order valence-corrected chi connectivity index (χ2v) is 5.17. The fraction of sp³-hybridized carbons (Fsp3) is 0.167. The standard InChI is InChI=1S/C18H18FN3O4/c1-12(17(22-25-2)13-7-9-15(19)10-8-13)21-26-11-14-5-3-4-6-16(14)20-18(23)24/h3-10,20H,11H2,1-2H3,(H,23,24)/b21-12?,22-17-. The molecule has 2 N–H and O–H groups in total. The molecule has 0 bridgehead atoms. The van der Waals surface area contributed by atoms with E-state index in [1.54, 1.807) is 43.3 Å². The van der Waals surface area contributed by atoms with Crippen LogP contribution in [0.2, 0.25) is 0 Å². The molecule has 0 spiro atoms. The van der Waals surface area contributed by atoms with Gasteiger partial charge in [-0.2, -0.15) is 0 Å². The van der Waals surface area contributed by atoms with Crippen LogP contribution in [0, 0.1) is 5.82 Å². The van der Waals surface area contributed by atoms with Gasteiger partial charge in [0.15, 0.2) is 0 Å². The van der Waals surface area contributed by atoms with Gasteiger partial charge in [-0.1, -0.05) is 28.5 Å². The molecule has 136 valence electrons. The number of oxime groups is 2. The zero-order chi connectivity index (χ0) is 18.9. The second kappa shape index (κ2) is 9.16. The van der Waals surface area contributed by atoms with Crippen LogP contribution in [0.4, 0.5) is 14.9 Å². The Kier molecular flexibility index (Phi) is 6.67. The molecular formula is C18H18FN3O4. The van der Waals surface area contributed by atoms with Gasteiger partial charge < -0.3 is 14.8 Å². The summed E-state index contributed by atoms with van der Waals surface area (Å²) >= 11 is 0. The first kappa shape index (κ1) is 18.9. The number of carboxylic acid groups (broad SMARTS) is 1. The summed E-state index contributed by atoms with van der Waals surface area (Å²) in [5.74, 6) is -0.362. The molecule has 0 saturated carbocycles. The highest BCUT2D eigenvalue weighted by Gasteiger charge is 2.10. The lowest BCUT2D eigenvalue weighted by Gasteiger charge is -2.09. The zero-order valence-corrected chi connectivity index (χ0v) is 14.3. The van der Waals surface area contributed by atoms with Gasteiger partial charge >= 0.3 is 6.09 Å². The minimum absolute atomic E-state index is 0.0530. The van der Waals surface area contributed by atoms with Crippen molar-refractivity contribution in [1.29, 1.82) is 0 Å². The van der Waals surface area contributed by atoms with Crippen LogP contribution < -0.4 is 5.32 Å². The lowest BCUT2D eigenvalue weighted by molar-refractivity contribution is 0.131. The summed E-state index contributed by atoms with van der Waals surface area (Å²) in [5, 5.41) is 19.0. The van der Waals surface area contributed by atoms with E-state index < -0.39 is 6.09 Å². The van der Waals surface area contributed by atoms with Gasteiger partial charge in [-0.05, 0) is 37.3 Å². The van der Waals surface area contributed by atoms with E-state index >= 15 is 0 Å². The smallest absolute Gasteiger partial charge is 0.409 e. The Hall–Kier alpha value is -3.42. The number of anilines is 1. The van der Waals surface area contributed by atoms with Gasteiger partial charge in [0.1, 0.15) is 31.0 Å². The number of nitrogens with one attached hydrogen (secondary N) is 1. The summed E-state index contributed by atoms with van der Waals surface area (Å²) < 4.78 is 13.1. The summed E-state index contributed by atoms with van der Waals surface area (Å²) in [6.45, 7) is 1.72. The molecule has 0 radical (unpaired) electrons. The van der Waals surface area contributed by atoms with E-state index in [2.05, 4.69) is 15.6 Å². The maximum Gasteiger partial charge on any atom is 0.409 e. The zero-order valence-electron chi connectivity index (χ0n) is 14.3. The molecule has 0 aliphatic rings. The molecule has 2 aromatic rings. The molecule has 2 aromatic carbocycles. The van der Waals surface area contributed by atoms with Crippen LogP contribution >= 0.6 is 0 Å². The van der Waals surface area contributed by atoms with E-state index in [0.29, 0.717) is 28.2 Å². The van der Waals surface area contributed by atoms with E-state index in [4.69, 9.17) is 14.8 Å². The topological polar surface area (TPSA) is 92.5 Å². The van der Waals surface area contributed by atoms with Crippen molar-refractivity contribution in [3.8, 4) is 0 Å². The Bertz CT molecular complexity index is 819. The van der Waals surface area contributed by atoms with E-state index in [0.717, 1.165) is 0 Å². The molecule has 7 nitrogen and oxygen atoms in total. The number of para-hydroxylation sites is 1. The van der Waals surface area contributed by atoms with Gasteiger partial charge in [-0.3, -0.25) is 5.32 Å². The number of benzene rings is 2. The first-order valence-electron chi connectivity index (χ1n) is 7.63. The van der Waals surface area contributed by atoms with Crippen LogP contribution in [-0.2, 0) is 16.3 Å². The molecule has 2 rings (SSSR count). The maximum absolute atomic E-state index is 13.1. The summed E-state index contributed by atoms with van der Waals surface area (Å²) in [6.07, 6.45) is -1.16. The largest absolute Gasteiger partial charge is 0.465 e. The number of carbonyl (C=O) groups is 1. The van der Waals surface area contributed by atoms with Gasteiger partial charge in [-0.15, -0.1) is 0 Å². The number of hydrogen-bond donors (Lipinski definition) is 2. The third-order valence-electron chi connectivity index (χ3n) is 3.32. The predicted octanol–water partition coefficient (Wildman–Crippen LogP) is 3.86. The van der Waals surface area contributed by atoms with Crippen LogP contribution in [0.15, 0.2) is 58.8 Å². The minimum Gasteiger partial charge on any atom is -0.465 e. The van der Waals surface area contributed by atoms with Gasteiger partial charge in [-0.25, -0.2) is 9.18 Å². The van der Waals surface area contributed by atoms with Crippen molar-refractivity contribution >= 4 is 23.2 Å². The van der Waals surface area contributed by atoms with Crippen LogP contribution in [0.5, 0.6) is 0 Å². The van der Waals surface area contributed by atoms with Crippen molar-refractivity contribution in [2.75, 3.05) is 12.4 Å². The van der Waals surface area contributed by atoms with Crippen LogP contribution in [0.1, 0.15) is 18.1 Å². The molecule has 26 heavy (non-hydrogen) atoms. The summed E-state index contributed by atoms with van der Waals surface area (Å²) in [5.41, 5.74) is 2.47. The van der Waals surface area contributed by atoms with Crippen molar-refractivity contribution in [1.82, 2.24) is 0 Å². The molecule has 0 unspecified atom stereocenters. The summed E-state index contributed by atoms with van der Waals surface area (Å²) in [7, 11) is 1.39. The quantitative estimate of drug-likeness (QED) is 0.580. The van der Waals surface area contributed by atoms with E-state index in [1.807, 2.05) is 0 Å². The lowest BCUT2D eigenvalue weighted by atomic mass is 10.1. The van der Waals surface area contributed by atoms with Gasteiger partial charge in [0.05, 0.1) is 5.69 Å². The van der Waals surface area contributed by atoms with Crippen LogP contribution in [0.25, 0.3) is 0 Å². The normalized spacial score (nSPS) is 11.8. The van der Waals surface area contributed by atoms with Crippen LogP contribution in [0.3, 0.4) is 0 Å². The highest BCUT2D eigenvalue weighted by atomic mass is 19.1. The highest BCUT2D eigenvalue weighted by Crippen LogP contribution is 2.16. The molecule has 0 atom stereocenters. The third kappa shape index (κ3) is 5.30. The first-order chi connectivity index (χ1) is 12.5. The molecular weight excluding hydrogens is 341 g/mol. The maximum atomic E-state index is 13.1. The van der Waals surface area contributed by atoms with E-state index in [9.17, 15) is 9.18 Å². The van der Waals surface area contributed by atoms with Gasteiger partial charge in [0.25, 0.3) is 0 Å². The minimum atomic E-state index is -1.16. The molecule has 0 saturated heterocycles. The Morgan fingerprint density at radius 1 is 1.15 bits per heavy atom. The average molecular weight is 359 g/mol. The average Bonchev–Trinajstić information content (AvgIpc) is 2.61. The molecule has 0 aromatic heterocycles. The fourth-order valence-electron chi connectivity index (χ4n) is 2.15. The number of halogens is 1. The summed E-state index contributed by atoms with van der Waals surface area (Å²) in [4.78, 5) is 20.9. The number of amides is 1. The molecule has 0 aliphatic heterocycles. The molecule has 0 fully saturated rings. The fourth-order valence-corrected chi connectivity index (χ4v) is 2.15. The number of rotatable bonds is 7. The lowest BCUT2D eigenvalue weighted by Crippen LogP contribution is -2.14. The van der Waals surface area contributed by atoms with E-state index in [1.165, 1.54) is 19.2 Å². The monoisotopic (exact) mass is 359 g/mol. The summed E-state index contributed by atoms with van der Waals surface area (Å²) in [6, 6.07) is 12.5. The van der Waals surface area contributed by atoms with Crippen molar-refractivity contribution in [3.05, 3.63) is 65.5 Å². The van der Waals surface area contributed by atoms with Crippen molar-refractivity contribution in [2.45, 2.75) is 13.5 Å². The highest BCUT2D eigenvalue weighted by molar-refractivity contribution is 6.47. The molecule has 1 amide bonds. The first-order valence-corrected chi connectivity index (χ1v) is 7.63. The van der Waals surface area contributed by atoms with Gasteiger partial charge in [0.2, 0.25) is 0 Å². The number of hydrogen-bond acceptors (Lipinski definition) is 5. The number of nitrogens with zero attached hydrogens (tertiary/aromatic N) is 2. The molecule has 0 heterocycles. The predicted molar refractivity (Wildman–Crippen MR) is 95.9 cm³/mol. The van der Waals surface area contributed by atoms with Crippen molar-refractivity contribution in [2.24, 2.45) is 10.3 Å². The Morgan fingerprint density at radius 2 is 1.85 bits per heavy atom. The molecule has 0 aliphatic carbocycles. The Balaban J connectivity index is 2.12. The van der Waals surface area contributed by atoms with Crippen molar-refractivity contribution < 1.29 is 24.0 Å².